The summed E-state index contributed by atoms with van der Waals surface area (Å²) in [6, 6.07) is 23.6. The van der Waals surface area contributed by atoms with Crippen LogP contribution < -0.4 is 9.62 Å². The molecule has 1 fully saturated rings. The Labute approximate surface area is 283 Å². The van der Waals surface area contributed by atoms with E-state index in [1.54, 1.807) is 41.3 Å². The number of ether oxygens (including phenoxy) is 2. The molecule has 0 bridgehead atoms. The predicted molar refractivity (Wildman–Crippen MR) is 184 cm³/mol. The summed E-state index contributed by atoms with van der Waals surface area (Å²) in [5.41, 5.74) is 2.03. The average molecular weight is 681 g/mol. The van der Waals surface area contributed by atoms with Crippen LogP contribution in [0.3, 0.4) is 0 Å². The van der Waals surface area contributed by atoms with E-state index in [2.05, 4.69) is 5.32 Å². The number of anilines is 1. The van der Waals surface area contributed by atoms with Gasteiger partial charge in [-0.2, -0.15) is 0 Å². The van der Waals surface area contributed by atoms with Gasteiger partial charge >= 0.3 is 5.97 Å². The zero-order valence-electron chi connectivity index (χ0n) is 25.8. The minimum Gasteiger partial charge on any atom is -0.459 e. The summed E-state index contributed by atoms with van der Waals surface area (Å²) in [6.45, 7) is 7.93. The van der Waals surface area contributed by atoms with Crippen LogP contribution in [-0.4, -0.2) is 61.1 Å². The third kappa shape index (κ3) is 8.73. The van der Waals surface area contributed by atoms with Crippen LogP contribution in [0.4, 0.5) is 5.69 Å². The third-order valence-corrected chi connectivity index (χ3v) is 8.54. The fourth-order valence-corrected chi connectivity index (χ4v) is 6.76. The number of carbonyl (C=O) groups excluding carboxylic acids is 3. The lowest BCUT2D eigenvalue weighted by Crippen LogP contribution is -2.40. The molecule has 0 aromatic heterocycles. The van der Waals surface area contributed by atoms with Crippen LogP contribution in [0.25, 0.3) is 10.8 Å². The largest absolute Gasteiger partial charge is 0.459 e. The van der Waals surface area contributed by atoms with Gasteiger partial charge < -0.3 is 24.0 Å². The highest BCUT2D eigenvalue weighted by molar-refractivity contribution is 8.00. The van der Waals surface area contributed by atoms with E-state index in [9.17, 15) is 14.4 Å². The van der Waals surface area contributed by atoms with Gasteiger partial charge in [0.05, 0.1) is 18.9 Å². The molecule has 0 atom stereocenters. The van der Waals surface area contributed by atoms with Crippen LogP contribution in [0.15, 0.2) is 83.8 Å². The molecule has 0 radical (unpaired) electrons. The first kappa shape index (κ1) is 33.6. The molecule has 11 heteroatoms. The molecule has 1 N–H and O–H groups in total. The molecule has 2 amide bonds. The lowest BCUT2D eigenvalue weighted by Gasteiger charge is -2.27. The van der Waals surface area contributed by atoms with Crippen LogP contribution in [-0.2, 0) is 20.8 Å². The van der Waals surface area contributed by atoms with Crippen molar-refractivity contribution < 1.29 is 23.9 Å². The van der Waals surface area contributed by atoms with Crippen molar-refractivity contribution in [3.05, 3.63) is 106 Å². The van der Waals surface area contributed by atoms with E-state index in [-0.39, 0.29) is 24.9 Å². The summed E-state index contributed by atoms with van der Waals surface area (Å²) in [5, 5.41) is 5.46. The maximum Gasteiger partial charge on any atom is 0.327 e. The number of benzene rings is 4. The summed E-state index contributed by atoms with van der Waals surface area (Å²) in [5.74, 6) is -0.677. The molecule has 0 aliphatic carbocycles. The van der Waals surface area contributed by atoms with Crippen LogP contribution in [0, 0.1) is 0 Å². The standard InChI is InChI=1S/C35H35Cl2N3O5S/c1-35(2,3)45-32(41)22-40(46-27-19-25(36)18-26(37)20-27)31-9-5-6-28-29(31)7-4-8-30(28)33(42)38-21-23-10-12-24(13-11-23)34(43)39-14-16-44-17-15-39/h4-13,18-20H,14-17,21-22H2,1-3H3,(H,38,42). The van der Waals surface area contributed by atoms with E-state index in [1.807, 2.05) is 67.5 Å². The Balaban J connectivity index is 1.36. The summed E-state index contributed by atoms with van der Waals surface area (Å²) >= 11 is 13.9. The van der Waals surface area contributed by atoms with Crippen molar-refractivity contribution >= 4 is 69.4 Å². The molecule has 1 heterocycles. The lowest BCUT2D eigenvalue weighted by atomic mass is 10.0. The number of hydrogen-bond donors (Lipinski definition) is 1. The van der Waals surface area contributed by atoms with Crippen molar-refractivity contribution in [1.82, 2.24) is 10.2 Å². The van der Waals surface area contributed by atoms with Crippen molar-refractivity contribution in [3.63, 3.8) is 0 Å². The first-order valence-electron chi connectivity index (χ1n) is 14.9. The lowest BCUT2D eigenvalue weighted by molar-refractivity contribution is -0.152. The second-order valence-electron chi connectivity index (χ2n) is 11.8. The number of amides is 2. The van der Waals surface area contributed by atoms with Gasteiger partial charge in [-0.05, 0) is 86.1 Å². The highest BCUT2D eigenvalue weighted by Gasteiger charge is 2.23. The number of fused-ring (bicyclic) bond motifs is 1. The molecule has 1 saturated heterocycles. The Morgan fingerprint density at radius 3 is 2.24 bits per heavy atom. The highest BCUT2D eigenvalue weighted by Crippen LogP contribution is 2.37. The number of esters is 1. The maximum atomic E-state index is 13.5. The number of carbonyl (C=O) groups is 3. The van der Waals surface area contributed by atoms with Crippen LogP contribution in [0.5, 0.6) is 0 Å². The number of hydrogen-bond acceptors (Lipinski definition) is 7. The number of morpholine rings is 1. The van der Waals surface area contributed by atoms with Crippen LogP contribution in [0.2, 0.25) is 10.0 Å². The summed E-state index contributed by atoms with van der Waals surface area (Å²) in [6.07, 6.45) is 0. The Morgan fingerprint density at radius 2 is 1.57 bits per heavy atom. The van der Waals surface area contributed by atoms with Gasteiger partial charge in [0.25, 0.3) is 11.8 Å². The van der Waals surface area contributed by atoms with Gasteiger partial charge in [0.15, 0.2) is 0 Å². The SMILES string of the molecule is CC(C)(C)OC(=O)CN(Sc1cc(Cl)cc(Cl)c1)c1cccc2c(C(=O)NCc3ccc(C(=O)N4CCOCC4)cc3)cccc12. The van der Waals surface area contributed by atoms with Gasteiger partial charge in [-0.15, -0.1) is 0 Å². The molecule has 240 valence electrons. The highest BCUT2D eigenvalue weighted by atomic mass is 35.5. The first-order valence-corrected chi connectivity index (χ1v) is 16.4. The Morgan fingerprint density at radius 1 is 0.913 bits per heavy atom. The third-order valence-electron chi connectivity index (χ3n) is 7.11. The van der Waals surface area contributed by atoms with Crippen molar-refractivity contribution in [2.45, 2.75) is 37.8 Å². The molecule has 8 nitrogen and oxygen atoms in total. The minimum atomic E-state index is -0.657. The van der Waals surface area contributed by atoms with Gasteiger partial charge in [0.1, 0.15) is 12.1 Å². The topological polar surface area (TPSA) is 88.2 Å². The molecule has 0 unspecified atom stereocenters. The zero-order valence-corrected chi connectivity index (χ0v) is 28.2. The number of rotatable bonds is 9. The minimum absolute atomic E-state index is 0.0252. The van der Waals surface area contributed by atoms with Crippen LogP contribution >= 0.6 is 35.1 Å². The molecular weight excluding hydrogens is 645 g/mol. The number of nitrogens with one attached hydrogen (secondary N) is 1. The van der Waals surface area contributed by atoms with Crippen molar-refractivity contribution in [2.24, 2.45) is 0 Å². The molecular formula is C35H35Cl2N3O5S. The van der Waals surface area contributed by atoms with Gasteiger partial charge in [-0.1, -0.05) is 59.6 Å². The van der Waals surface area contributed by atoms with E-state index in [1.165, 1.54) is 11.9 Å². The smallest absolute Gasteiger partial charge is 0.327 e. The maximum absolute atomic E-state index is 13.5. The van der Waals surface area contributed by atoms with Gasteiger partial charge in [-0.25, -0.2) is 0 Å². The van der Waals surface area contributed by atoms with E-state index < -0.39 is 11.6 Å². The Kier molecular flexibility index (Phi) is 10.8. The van der Waals surface area contributed by atoms with E-state index in [0.717, 1.165) is 26.9 Å². The molecule has 0 spiro atoms. The van der Waals surface area contributed by atoms with Gasteiger partial charge in [0.2, 0.25) is 0 Å². The Hall–Kier alpha value is -3.76. The molecule has 4 aromatic carbocycles. The Bertz CT molecular complexity index is 1720. The number of halogens is 2. The fourth-order valence-electron chi connectivity index (χ4n) is 5.07. The van der Waals surface area contributed by atoms with Crippen molar-refractivity contribution in [1.29, 1.82) is 0 Å². The van der Waals surface area contributed by atoms with Crippen LogP contribution in [0.1, 0.15) is 47.1 Å². The molecule has 5 rings (SSSR count). The van der Waals surface area contributed by atoms with Crippen molar-refractivity contribution in [3.8, 4) is 0 Å². The first-order chi connectivity index (χ1) is 22.0. The molecule has 1 aliphatic heterocycles. The fraction of sp³-hybridized carbons (Fsp3) is 0.286. The summed E-state index contributed by atoms with van der Waals surface area (Å²) < 4.78 is 12.8. The van der Waals surface area contributed by atoms with Gasteiger partial charge in [-0.3, -0.25) is 14.4 Å². The number of nitrogens with zero attached hydrogens (tertiary/aromatic N) is 2. The average Bonchev–Trinajstić information content (AvgIpc) is 3.01. The molecule has 46 heavy (non-hydrogen) atoms. The second kappa shape index (κ2) is 14.8. The quantitative estimate of drug-likeness (QED) is 0.146. The second-order valence-corrected chi connectivity index (χ2v) is 13.7. The molecule has 1 aliphatic rings. The normalized spacial score (nSPS) is 13.4. The molecule has 4 aromatic rings. The van der Waals surface area contributed by atoms with E-state index in [0.29, 0.717) is 47.5 Å². The van der Waals surface area contributed by atoms with E-state index >= 15 is 0 Å². The van der Waals surface area contributed by atoms with Crippen molar-refractivity contribution in [2.75, 3.05) is 37.2 Å². The van der Waals surface area contributed by atoms with Gasteiger partial charge in [0, 0.05) is 51.1 Å². The van der Waals surface area contributed by atoms with E-state index in [4.69, 9.17) is 32.7 Å². The predicted octanol–water partition coefficient (Wildman–Crippen LogP) is 7.40. The summed E-state index contributed by atoms with van der Waals surface area (Å²) in [4.78, 5) is 41.8. The zero-order chi connectivity index (χ0) is 32.8. The monoisotopic (exact) mass is 679 g/mol. The molecule has 0 saturated carbocycles. The summed E-state index contributed by atoms with van der Waals surface area (Å²) in [7, 11) is 0.